The van der Waals surface area contributed by atoms with Gasteiger partial charge in [-0.1, -0.05) is 5.92 Å². The summed E-state index contributed by atoms with van der Waals surface area (Å²) in [5.41, 5.74) is 0. The van der Waals surface area contributed by atoms with Crippen molar-refractivity contribution in [3.63, 3.8) is 0 Å². The van der Waals surface area contributed by atoms with Gasteiger partial charge in [0.1, 0.15) is 0 Å². The molecule has 1 aromatic heterocycles. The highest BCUT2D eigenvalue weighted by atomic mass is 79.9. The lowest BCUT2D eigenvalue weighted by Crippen LogP contribution is -2.08. The van der Waals surface area contributed by atoms with Crippen LogP contribution in [-0.4, -0.2) is 11.1 Å². The summed E-state index contributed by atoms with van der Waals surface area (Å²) in [5, 5.41) is 0. The monoisotopic (exact) mass is 225 g/mol. The topological polar surface area (TPSA) is 22.1 Å². The summed E-state index contributed by atoms with van der Waals surface area (Å²) in [6.07, 6.45) is 6.57. The first-order valence-electron chi connectivity index (χ1n) is 3.46. The van der Waals surface area contributed by atoms with Crippen molar-refractivity contribution < 1.29 is 4.74 Å². The van der Waals surface area contributed by atoms with E-state index in [0.717, 1.165) is 4.47 Å². The van der Waals surface area contributed by atoms with E-state index < -0.39 is 0 Å². The number of hydrogen-bond acceptors (Lipinski definition) is 2. The zero-order chi connectivity index (χ0) is 8.97. The van der Waals surface area contributed by atoms with Gasteiger partial charge in [0.2, 0.25) is 5.88 Å². The quantitative estimate of drug-likeness (QED) is 0.721. The third-order valence-electron chi connectivity index (χ3n) is 1.23. The average molecular weight is 226 g/mol. The second kappa shape index (κ2) is 4.13. The number of halogens is 1. The van der Waals surface area contributed by atoms with Crippen molar-refractivity contribution in [1.82, 2.24) is 4.98 Å². The summed E-state index contributed by atoms with van der Waals surface area (Å²) in [6, 6.07) is 3.61. The minimum atomic E-state index is -0.237. The number of hydrogen-bond donors (Lipinski definition) is 0. The molecule has 0 amide bonds. The molecule has 0 spiro atoms. The molecule has 1 aromatic rings. The van der Waals surface area contributed by atoms with Gasteiger partial charge in [-0.15, -0.1) is 6.42 Å². The Morgan fingerprint density at radius 1 is 1.67 bits per heavy atom. The average Bonchev–Trinajstić information content (AvgIpc) is 2.09. The number of nitrogens with zero attached hydrogens (tertiary/aromatic N) is 1. The molecular formula is C9H8BrNO. The molecule has 0 radical (unpaired) electrons. The van der Waals surface area contributed by atoms with E-state index in [2.05, 4.69) is 26.8 Å². The van der Waals surface area contributed by atoms with E-state index in [9.17, 15) is 0 Å². The highest BCUT2D eigenvalue weighted by molar-refractivity contribution is 9.10. The van der Waals surface area contributed by atoms with Crippen LogP contribution in [0.5, 0.6) is 5.88 Å². The molecule has 0 N–H and O–H groups in total. The zero-order valence-electron chi connectivity index (χ0n) is 6.62. The number of rotatable bonds is 2. The highest BCUT2D eigenvalue weighted by Gasteiger charge is 1.99. The summed E-state index contributed by atoms with van der Waals surface area (Å²) >= 11 is 3.27. The van der Waals surface area contributed by atoms with E-state index in [1.54, 1.807) is 19.2 Å². The Balaban J connectivity index is 2.66. The van der Waals surface area contributed by atoms with Gasteiger partial charge < -0.3 is 4.74 Å². The van der Waals surface area contributed by atoms with Crippen LogP contribution < -0.4 is 4.74 Å². The van der Waals surface area contributed by atoms with E-state index in [-0.39, 0.29) is 6.10 Å². The predicted molar refractivity (Wildman–Crippen MR) is 50.9 cm³/mol. The van der Waals surface area contributed by atoms with Crippen LogP contribution in [0.2, 0.25) is 0 Å². The Kier molecular flexibility index (Phi) is 3.12. The predicted octanol–water partition coefficient (Wildman–Crippen LogP) is 2.24. The molecule has 0 aromatic carbocycles. The van der Waals surface area contributed by atoms with Crippen LogP contribution in [0.25, 0.3) is 0 Å². The van der Waals surface area contributed by atoms with Crippen molar-refractivity contribution in [2.75, 3.05) is 0 Å². The van der Waals surface area contributed by atoms with Crippen LogP contribution in [0.15, 0.2) is 22.8 Å². The fourth-order valence-corrected chi connectivity index (χ4v) is 0.882. The molecule has 0 saturated carbocycles. The molecule has 3 heteroatoms. The molecule has 1 atom stereocenters. The highest BCUT2D eigenvalue weighted by Crippen LogP contribution is 2.12. The van der Waals surface area contributed by atoms with Crippen molar-refractivity contribution in [2.45, 2.75) is 13.0 Å². The maximum atomic E-state index is 5.25. The molecule has 1 heterocycles. The van der Waals surface area contributed by atoms with E-state index in [1.807, 2.05) is 6.07 Å². The summed E-state index contributed by atoms with van der Waals surface area (Å²) in [6.45, 7) is 1.80. The third-order valence-corrected chi connectivity index (χ3v) is 1.70. The van der Waals surface area contributed by atoms with Crippen molar-refractivity contribution in [3.05, 3.63) is 22.8 Å². The largest absolute Gasteiger partial charge is 0.461 e. The lowest BCUT2D eigenvalue weighted by molar-refractivity contribution is 0.268. The Bertz CT molecular complexity index is 288. The third kappa shape index (κ3) is 2.55. The molecular weight excluding hydrogens is 218 g/mol. The fourth-order valence-electron chi connectivity index (χ4n) is 0.647. The van der Waals surface area contributed by atoms with Gasteiger partial charge in [0, 0.05) is 16.7 Å². The van der Waals surface area contributed by atoms with E-state index in [4.69, 9.17) is 11.2 Å². The lowest BCUT2D eigenvalue weighted by Gasteiger charge is -2.06. The molecule has 0 fully saturated rings. The Morgan fingerprint density at radius 3 is 2.92 bits per heavy atom. The molecule has 0 aliphatic carbocycles. The SMILES string of the molecule is C#CC(C)Oc1ccc(Br)cn1. The van der Waals surface area contributed by atoms with Gasteiger partial charge in [0.05, 0.1) is 0 Å². The minimum absolute atomic E-state index is 0.237. The molecule has 0 aliphatic heterocycles. The fraction of sp³-hybridized carbons (Fsp3) is 0.222. The first-order valence-corrected chi connectivity index (χ1v) is 4.26. The minimum Gasteiger partial charge on any atom is -0.461 e. The number of terminal acetylenes is 1. The van der Waals surface area contributed by atoms with Gasteiger partial charge in [-0.05, 0) is 28.9 Å². The molecule has 2 nitrogen and oxygen atoms in total. The van der Waals surface area contributed by atoms with Crippen LogP contribution in [-0.2, 0) is 0 Å². The maximum absolute atomic E-state index is 5.25. The lowest BCUT2D eigenvalue weighted by atomic mass is 10.4. The number of aromatic nitrogens is 1. The summed E-state index contributed by atoms with van der Waals surface area (Å²) in [4.78, 5) is 4.00. The van der Waals surface area contributed by atoms with E-state index >= 15 is 0 Å². The van der Waals surface area contributed by atoms with Gasteiger partial charge in [0.15, 0.2) is 6.10 Å². The molecule has 12 heavy (non-hydrogen) atoms. The summed E-state index contributed by atoms with van der Waals surface area (Å²) in [5.74, 6) is 3.00. The summed E-state index contributed by atoms with van der Waals surface area (Å²) in [7, 11) is 0. The van der Waals surface area contributed by atoms with Gasteiger partial charge in [0.25, 0.3) is 0 Å². The smallest absolute Gasteiger partial charge is 0.214 e. The second-order valence-corrected chi connectivity index (χ2v) is 3.16. The first-order chi connectivity index (χ1) is 5.72. The molecule has 0 bridgehead atoms. The molecule has 1 unspecified atom stereocenters. The standard InChI is InChI=1S/C9H8BrNO/c1-3-7(2)12-9-5-4-8(10)6-11-9/h1,4-7H,2H3. The van der Waals surface area contributed by atoms with Gasteiger partial charge in [-0.25, -0.2) is 4.98 Å². The molecule has 0 saturated heterocycles. The normalized spacial score (nSPS) is 11.8. The van der Waals surface area contributed by atoms with E-state index in [0.29, 0.717) is 5.88 Å². The second-order valence-electron chi connectivity index (χ2n) is 2.24. The zero-order valence-corrected chi connectivity index (χ0v) is 8.21. The number of ether oxygens (including phenoxy) is 1. The maximum Gasteiger partial charge on any atom is 0.214 e. The van der Waals surface area contributed by atoms with Crippen LogP contribution in [0.1, 0.15) is 6.92 Å². The van der Waals surface area contributed by atoms with E-state index in [1.165, 1.54) is 0 Å². The van der Waals surface area contributed by atoms with Gasteiger partial charge in [-0.2, -0.15) is 0 Å². The van der Waals surface area contributed by atoms with Crippen molar-refractivity contribution in [2.24, 2.45) is 0 Å². The first kappa shape index (κ1) is 9.08. The van der Waals surface area contributed by atoms with Crippen molar-refractivity contribution in [3.8, 4) is 18.2 Å². The summed E-state index contributed by atoms with van der Waals surface area (Å²) < 4.78 is 6.17. The Labute approximate surface area is 80.1 Å². The Hall–Kier alpha value is -1.01. The van der Waals surface area contributed by atoms with Crippen LogP contribution in [0.3, 0.4) is 0 Å². The van der Waals surface area contributed by atoms with Crippen LogP contribution >= 0.6 is 15.9 Å². The number of pyridine rings is 1. The van der Waals surface area contributed by atoms with Crippen LogP contribution in [0.4, 0.5) is 0 Å². The van der Waals surface area contributed by atoms with Crippen LogP contribution in [0, 0.1) is 12.3 Å². The Morgan fingerprint density at radius 2 is 2.42 bits per heavy atom. The molecule has 62 valence electrons. The molecule has 0 aliphatic rings. The van der Waals surface area contributed by atoms with Crippen molar-refractivity contribution >= 4 is 15.9 Å². The van der Waals surface area contributed by atoms with Crippen molar-refractivity contribution in [1.29, 1.82) is 0 Å². The van der Waals surface area contributed by atoms with Gasteiger partial charge >= 0.3 is 0 Å². The van der Waals surface area contributed by atoms with Gasteiger partial charge in [-0.3, -0.25) is 0 Å². The molecule has 1 rings (SSSR count).